The second-order valence-electron chi connectivity index (χ2n) is 2.34. The van der Waals surface area contributed by atoms with Gasteiger partial charge in [0.25, 0.3) is 0 Å². The van der Waals surface area contributed by atoms with Crippen molar-refractivity contribution in [3.63, 3.8) is 0 Å². The molecule has 0 bridgehead atoms. The number of hydrogen-bond donors (Lipinski definition) is 1. The summed E-state index contributed by atoms with van der Waals surface area (Å²) in [5.41, 5.74) is 0.257. The van der Waals surface area contributed by atoms with Crippen LogP contribution in [0, 0.1) is 0 Å². The van der Waals surface area contributed by atoms with Gasteiger partial charge in [0.1, 0.15) is 7.94 Å². The molecule has 1 rings (SSSR count). The van der Waals surface area contributed by atoms with Gasteiger partial charge in [0, 0.05) is 0 Å². The van der Waals surface area contributed by atoms with Crippen molar-refractivity contribution in [3.05, 3.63) is 0 Å². The maximum absolute atomic E-state index is 10.5. The van der Waals surface area contributed by atoms with E-state index in [-0.39, 0.29) is 5.53 Å². The highest BCUT2D eigenvalue weighted by Crippen LogP contribution is 2.06. The van der Waals surface area contributed by atoms with E-state index >= 15 is 0 Å². The van der Waals surface area contributed by atoms with Crippen LogP contribution in [0.3, 0.4) is 0 Å². The van der Waals surface area contributed by atoms with Gasteiger partial charge in [-0.2, -0.15) is 0 Å². The third-order valence-corrected chi connectivity index (χ3v) is 3.33. The number of nitrogens with one attached hydrogen (secondary N) is 1. The molecule has 7 heavy (non-hydrogen) atoms. The van der Waals surface area contributed by atoms with Gasteiger partial charge < -0.3 is 5.23 Å². The van der Waals surface area contributed by atoms with Gasteiger partial charge in [0.2, 0.25) is 7.01 Å². The van der Waals surface area contributed by atoms with Crippen molar-refractivity contribution in [2.45, 2.75) is 13.1 Å². The zero-order chi connectivity index (χ0) is 5.49. The van der Waals surface area contributed by atoms with Crippen molar-refractivity contribution in [1.82, 2.24) is 5.23 Å². The molecule has 4 heteroatoms. The third kappa shape index (κ3) is 0.586. The summed E-state index contributed by atoms with van der Waals surface area (Å²) in [6.45, 7) is 4.04. The highest BCUT2D eigenvalue weighted by molar-refractivity contribution is 7.44. The molecule has 1 fully saturated rings. The minimum Gasteiger partial charge on any atom is -0.410 e. The maximum atomic E-state index is 10.5. The SMILES string of the molecule is C[Si]1(C)[B]NC1=O. The molecule has 0 aliphatic carbocycles. The fourth-order valence-electron chi connectivity index (χ4n) is 0.420. The van der Waals surface area contributed by atoms with E-state index in [1.54, 1.807) is 0 Å². The first kappa shape index (κ1) is 4.90. The van der Waals surface area contributed by atoms with Crippen LogP contribution in [-0.2, 0) is 0 Å². The minimum absolute atomic E-state index is 0.257. The normalized spacial score (nSPS) is 24.6. The van der Waals surface area contributed by atoms with Gasteiger partial charge in [-0.1, -0.05) is 13.1 Å². The lowest BCUT2D eigenvalue weighted by Crippen LogP contribution is -2.67. The summed E-state index contributed by atoms with van der Waals surface area (Å²) in [5.74, 6) is 0. The van der Waals surface area contributed by atoms with Gasteiger partial charge in [-0.15, -0.1) is 0 Å². The molecule has 0 spiro atoms. The molecule has 37 valence electrons. The van der Waals surface area contributed by atoms with Gasteiger partial charge >= 0.3 is 0 Å². The first-order chi connectivity index (χ1) is 3.13. The van der Waals surface area contributed by atoms with E-state index in [4.69, 9.17) is 0 Å². The Balaban J connectivity index is 2.59. The lowest BCUT2D eigenvalue weighted by Gasteiger charge is -2.29. The van der Waals surface area contributed by atoms with Gasteiger partial charge in [-0.3, -0.25) is 4.79 Å². The van der Waals surface area contributed by atoms with Crippen molar-refractivity contribution >= 4 is 20.5 Å². The molecule has 0 unspecified atom stereocenters. The van der Waals surface area contributed by atoms with Crippen LogP contribution in [0.1, 0.15) is 0 Å². The quantitative estimate of drug-likeness (QED) is 0.443. The van der Waals surface area contributed by atoms with Crippen LogP contribution in [0.15, 0.2) is 0 Å². The molecule has 0 aromatic carbocycles. The molecule has 1 heterocycles. The highest BCUT2D eigenvalue weighted by Gasteiger charge is 2.40. The van der Waals surface area contributed by atoms with Crippen LogP contribution >= 0.6 is 0 Å². The fourth-order valence-corrected chi connectivity index (χ4v) is 1.26. The molecule has 1 radical (unpaired) electrons. The average Bonchev–Trinajstić information content (AvgIpc) is 1.63. The van der Waals surface area contributed by atoms with E-state index in [0.717, 1.165) is 0 Å². The van der Waals surface area contributed by atoms with Gasteiger partial charge in [-0.25, -0.2) is 0 Å². The van der Waals surface area contributed by atoms with Crippen LogP contribution in [0.2, 0.25) is 13.1 Å². The zero-order valence-electron chi connectivity index (χ0n) is 4.49. The molecule has 0 atom stereocenters. The van der Waals surface area contributed by atoms with Crippen LogP contribution in [-0.4, -0.2) is 20.5 Å². The van der Waals surface area contributed by atoms with Crippen LogP contribution in [0.5, 0.6) is 0 Å². The number of amides is 1. The van der Waals surface area contributed by atoms with Crippen LogP contribution in [0.25, 0.3) is 0 Å². The first-order valence-electron chi connectivity index (χ1n) is 2.28. The summed E-state index contributed by atoms with van der Waals surface area (Å²) in [6, 6.07) is 0. The minimum atomic E-state index is -1.43. The van der Waals surface area contributed by atoms with Gasteiger partial charge in [-0.05, 0) is 0 Å². The summed E-state index contributed by atoms with van der Waals surface area (Å²) in [7, 11) is 0.497. The Kier molecular flexibility index (Phi) is 0.786. The molecular weight excluding hydrogens is 105 g/mol. The highest BCUT2D eigenvalue weighted by atomic mass is 28.3. The maximum Gasteiger partial charge on any atom is 0.244 e. The Labute approximate surface area is 44.5 Å². The Morgan fingerprint density at radius 2 is 2.14 bits per heavy atom. The predicted molar refractivity (Wildman–Crippen MR) is 31.8 cm³/mol. The summed E-state index contributed by atoms with van der Waals surface area (Å²) in [5, 5.41) is 2.60. The van der Waals surface area contributed by atoms with Crippen molar-refractivity contribution in [2.24, 2.45) is 0 Å². The molecule has 0 aromatic rings. The number of rotatable bonds is 0. The molecule has 1 amide bonds. The van der Waals surface area contributed by atoms with Crippen LogP contribution in [0.4, 0.5) is 4.79 Å². The smallest absolute Gasteiger partial charge is 0.244 e. The van der Waals surface area contributed by atoms with Gasteiger partial charge in [0.15, 0.2) is 5.53 Å². The van der Waals surface area contributed by atoms with E-state index < -0.39 is 7.94 Å². The summed E-state index contributed by atoms with van der Waals surface area (Å²) in [4.78, 5) is 10.5. The van der Waals surface area contributed by atoms with Crippen molar-refractivity contribution < 1.29 is 4.79 Å². The summed E-state index contributed by atoms with van der Waals surface area (Å²) < 4.78 is 0. The fraction of sp³-hybridized carbons (Fsp3) is 0.667. The Morgan fingerprint density at radius 1 is 1.71 bits per heavy atom. The Hall–Kier alpha value is -0.248. The van der Waals surface area contributed by atoms with E-state index in [1.165, 1.54) is 0 Å². The first-order valence-corrected chi connectivity index (χ1v) is 5.36. The molecular formula is C3H7BNOSi. The van der Waals surface area contributed by atoms with Crippen molar-refractivity contribution in [3.8, 4) is 0 Å². The largest absolute Gasteiger partial charge is 0.410 e. The number of hydrogen-bond acceptors (Lipinski definition) is 1. The molecule has 2 nitrogen and oxygen atoms in total. The molecule has 1 N–H and O–H groups in total. The second-order valence-corrected chi connectivity index (χ2v) is 6.53. The van der Waals surface area contributed by atoms with Gasteiger partial charge in [0.05, 0.1) is 0 Å². The topological polar surface area (TPSA) is 29.1 Å². The number of carbonyl (C=O) groups is 1. The van der Waals surface area contributed by atoms with Crippen molar-refractivity contribution in [2.75, 3.05) is 0 Å². The zero-order valence-corrected chi connectivity index (χ0v) is 5.49. The van der Waals surface area contributed by atoms with E-state index in [0.29, 0.717) is 0 Å². The monoisotopic (exact) mass is 112 g/mol. The molecule has 1 aliphatic heterocycles. The summed E-state index contributed by atoms with van der Waals surface area (Å²) >= 11 is 0. The second kappa shape index (κ2) is 1.12. The third-order valence-electron chi connectivity index (χ3n) is 1.15. The standard InChI is InChI=1S/C3H7BNOSi/c1-7(2)3(6)5-4-7/h1-2H3,(H,5,6). The van der Waals surface area contributed by atoms with Crippen LogP contribution < -0.4 is 5.23 Å². The lowest BCUT2D eigenvalue weighted by atomic mass is 10.4. The molecule has 1 saturated heterocycles. The molecule has 1 aliphatic rings. The Bertz CT molecular complexity index is 114. The molecule has 0 aromatic heterocycles. The predicted octanol–water partition coefficient (Wildman–Crippen LogP) is 0.116. The number of carbonyl (C=O) groups excluding carboxylic acids is 1. The average molecular weight is 112 g/mol. The lowest BCUT2D eigenvalue weighted by molar-refractivity contribution is 0.261. The molecule has 0 saturated carbocycles. The van der Waals surface area contributed by atoms with E-state index in [9.17, 15) is 4.79 Å². The summed E-state index contributed by atoms with van der Waals surface area (Å²) in [6.07, 6.45) is 0. The van der Waals surface area contributed by atoms with Crippen molar-refractivity contribution in [1.29, 1.82) is 0 Å². The van der Waals surface area contributed by atoms with E-state index in [1.807, 2.05) is 20.1 Å². The Morgan fingerprint density at radius 3 is 2.14 bits per heavy atom. The van der Waals surface area contributed by atoms with E-state index in [2.05, 4.69) is 5.23 Å².